The Balaban J connectivity index is 1.57. The maximum absolute atomic E-state index is 12.9. The molecule has 0 bridgehead atoms. The Hall–Kier alpha value is -2.14. The number of allylic oxidation sites excluding steroid dienone is 1. The number of nitrogens with zero attached hydrogens (tertiary/aromatic N) is 4. The van der Waals surface area contributed by atoms with E-state index in [9.17, 15) is 4.79 Å². The Morgan fingerprint density at radius 2 is 2.12 bits per heavy atom. The lowest BCUT2D eigenvalue weighted by Gasteiger charge is -2.39. The topological polar surface area (TPSA) is 40.9 Å². The van der Waals surface area contributed by atoms with E-state index in [1.165, 1.54) is 17.7 Å². The number of piperazine rings is 1. The van der Waals surface area contributed by atoms with E-state index in [0.717, 1.165) is 37.3 Å². The second kappa shape index (κ2) is 6.23. The van der Waals surface area contributed by atoms with Crippen LogP contribution in [-0.4, -0.2) is 44.9 Å². The van der Waals surface area contributed by atoms with Gasteiger partial charge in [0.1, 0.15) is 5.65 Å². The van der Waals surface area contributed by atoms with Crippen LogP contribution in [0.2, 0.25) is 0 Å². The summed E-state index contributed by atoms with van der Waals surface area (Å²) in [5, 5.41) is 0. The molecule has 0 radical (unpaired) electrons. The molecule has 0 aliphatic carbocycles. The number of fused-ring (bicyclic) bond motifs is 2. The molecule has 4 heterocycles. The zero-order valence-electron chi connectivity index (χ0n) is 16.0. The minimum absolute atomic E-state index is 0.0448. The highest BCUT2D eigenvalue weighted by Gasteiger charge is 2.32. The molecule has 2 fully saturated rings. The van der Waals surface area contributed by atoms with Crippen LogP contribution < -0.4 is 5.56 Å². The molecule has 2 aromatic heterocycles. The van der Waals surface area contributed by atoms with Crippen LogP contribution in [0.5, 0.6) is 0 Å². The molecule has 5 heteroatoms. The first-order chi connectivity index (χ1) is 12.3. The summed E-state index contributed by atoms with van der Waals surface area (Å²) in [5.74, 6) is 0. The Kier molecular flexibility index (Phi) is 4.14. The van der Waals surface area contributed by atoms with Gasteiger partial charge in [-0.2, -0.15) is 0 Å². The maximum atomic E-state index is 12.9. The average Bonchev–Trinajstić information content (AvgIpc) is 2.97. The van der Waals surface area contributed by atoms with E-state index >= 15 is 0 Å². The van der Waals surface area contributed by atoms with Crippen molar-refractivity contribution in [2.75, 3.05) is 19.6 Å². The van der Waals surface area contributed by atoms with Crippen molar-refractivity contribution in [3.8, 4) is 0 Å². The van der Waals surface area contributed by atoms with Gasteiger partial charge in [-0.15, -0.1) is 0 Å². The smallest absolute Gasteiger partial charge is 0.262 e. The maximum Gasteiger partial charge on any atom is 0.262 e. The Morgan fingerprint density at radius 1 is 1.31 bits per heavy atom. The van der Waals surface area contributed by atoms with Gasteiger partial charge in [0.05, 0.1) is 5.56 Å². The van der Waals surface area contributed by atoms with Gasteiger partial charge in [-0.05, 0) is 36.0 Å². The Bertz CT molecular complexity index is 908. The van der Waals surface area contributed by atoms with E-state index in [1.807, 2.05) is 18.3 Å². The van der Waals surface area contributed by atoms with E-state index in [-0.39, 0.29) is 11.0 Å². The van der Waals surface area contributed by atoms with E-state index in [1.54, 1.807) is 10.6 Å². The molecule has 2 aliphatic rings. The first-order valence-electron chi connectivity index (χ1n) is 9.50. The number of aromatic nitrogens is 2. The van der Waals surface area contributed by atoms with Gasteiger partial charge < -0.3 is 4.90 Å². The van der Waals surface area contributed by atoms with Crippen molar-refractivity contribution >= 4 is 5.65 Å². The van der Waals surface area contributed by atoms with Crippen LogP contribution in [0, 0.1) is 0 Å². The molecule has 4 rings (SSSR count). The van der Waals surface area contributed by atoms with Crippen molar-refractivity contribution in [3.05, 3.63) is 58.3 Å². The fourth-order valence-electron chi connectivity index (χ4n) is 4.13. The highest BCUT2D eigenvalue weighted by atomic mass is 16.1. The Morgan fingerprint density at radius 3 is 2.88 bits per heavy atom. The molecule has 1 atom stereocenters. The molecule has 0 aromatic carbocycles. The monoisotopic (exact) mass is 352 g/mol. The largest absolute Gasteiger partial charge is 0.370 e. The van der Waals surface area contributed by atoms with Crippen molar-refractivity contribution in [2.24, 2.45) is 0 Å². The van der Waals surface area contributed by atoms with Gasteiger partial charge >= 0.3 is 0 Å². The van der Waals surface area contributed by atoms with Crippen LogP contribution in [0.3, 0.4) is 0 Å². The van der Waals surface area contributed by atoms with Crippen molar-refractivity contribution in [2.45, 2.75) is 51.6 Å². The van der Waals surface area contributed by atoms with Gasteiger partial charge in [0.2, 0.25) is 0 Å². The van der Waals surface area contributed by atoms with Crippen molar-refractivity contribution < 1.29 is 0 Å². The summed E-state index contributed by atoms with van der Waals surface area (Å²) in [7, 11) is 0. The predicted octanol–water partition coefficient (Wildman–Crippen LogP) is 2.79. The fraction of sp³-hybridized carbons (Fsp3) is 0.524. The highest BCUT2D eigenvalue weighted by molar-refractivity contribution is 5.43. The molecule has 0 spiro atoms. The van der Waals surface area contributed by atoms with Crippen molar-refractivity contribution in [1.29, 1.82) is 0 Å². The highest BCUT2D eigenvalue weighted by Crippen LogP contribution is 2.29. The summed E-state index contributed by atoms with van der Waals surface area (Å²) >= 11 is 0. The lowest BCUT2D eigenvalue weighted by Crippen LogP contribution is -2.49. The molecule has 2 saturated heterocycles. The molecule has 138 valence electrons. The van der Waals surface area contributed by atoms with Crippen LogP contribution in [0.1, 0.15) is 44.7 Å². The first-order valence-corrected chi connectivity index (χ1v) is 9.50. The third-order valence-corrected chi connectivity index (χ3v) is 5.78. The summed E-state index contributed by atoms with van der Waals surface area (Å²) in [5.41, 5.74) is 4.06. The van der Waals surface area contributed by atoms with Gasteiger partial charge in [-0.25, -0.2) is 4.98 Å². The summed E-state index contributed by atoms with van der Waals surface area (Å²) in [6.07, 6.45) is 5.92. The summed E-state index contributed by atoms with van der Waals surface area (Å²) in [6, 6.07) is 4.61. The van der Waals surface area contributed by atoms with Gasteiger partial charge in [-0.1, -0.05) is 27.4 Å². The molecular formula is C21H28N4O. The second-order valence-electron chi connectivity index (χ2n) is 8.67. The Labute approximate surface area is 155 Å². The average molecular weight is 352 g/mol. The van der Waals surface area contributed by atoms with Crippen molar-refractivity contribution in [1.82, 2.24) is 19.2 Å². The van der Waals surface area contributed by atoms with Gasteiger partial charge in [0.25, 0.3) is 5.56 Å². The second-order valence-corrected chi connectivity index (χ2v) is 8.67. The molecule has 26 heavy (non-hydrogen) atoms. The molecule has 2 aromatic rings. The third-order valence-electron chi connectivity index (χ3n) is 5.78. The molecule has 0 amide bonds. The van der Waals surface area contributed by atoms with E-state index in [0.29, 0.717) is 12.6 Å². The summed E-state index contributed by atoms with van der Waals surface area (Å²) in [6.45, 7) is 14.3. The van der Waals surface area contributed by atoms with Gasteiger partial charge in [0.15, 0.2) is 0 Å². The SMILES string of the molecule is C=C1CCC2CN(Cc3cnc4cc(C(C)(C)C)ccn4c3=O)CCN12. The third kappa shape index (κ3) is 3.05. The van der Waals surface area contributed by atoms with Crippen LogP contribution in [0.15, 0.2) is 41.6 Å². The molecule has 0 saturated carbocycles. The van der Waals surface area contributed by atoms with Gasteiger partial charge in [-0.3, -0.25) is 14.1 Å². The minimum atomic E-state index is 0.0448. The number of rotatable bonds is 2. The predicted molar refractivity (Wildman–Crippen MR) is 104 cm³/mol. The van der Waals surface area contributed by atoms with E-state index in [2.05, 4.69) is 42.1 Å². The van der Waals surface area contributed by atoms with Crippen LogP contribution in [0.4, 0.5) is 0 Å². The normalized spacial score (nSPS) is 21.4. The fourth-order valence-corrected chi connectivity index (χ4v) is 4.13. The molecule has 2 aliphatic heterocycles. The molecular weight excluding hydrogens is 324 g/mol. The van der Waals surface area contributed by atoms with Crippen molar-refractivity contribution in [3.63, 3.8) is 0 Å². The van der Waals surface area contributed by atoms with E-state index < -0.39 is 0 Å². The molecule has 1 unspecified atom stereocenters. The number of hydrogen-bond acceptors (Lipinski definition) is 4. The molecule has 5 nitrogen and oxygen atoms in total. The van der Waals surface area contributed by atoms with Crippen LogP contribution in [-0.2, 0) is 12.0 Å². The minimum Gasteiger partial charge on any atom is -0.370 e. The lowest BCUT2D eigenvalue weighted by molar-refractivity contribution is 0.115. The summed E-state index contributed by atoms with van der Waals surface area (Å²) in [4.78, 5) is 22.3. The van der Waals surface area contributed by atoms with E-state index in [4.69, 9.17) is 0 Å². The quantitative estimate of drug-likeness (QED) is 0.833. The lowest BCUT2D eigenvalue weighted by atomic mass is 9.88. The zero-order chi connectivity index (χ0) is 18.5. The van der Waals surface area contributed by atoms with Crippen LogP contribution >= 0.6 is 0 Å². The first kappa shape index (κ1) is 17.3. The number of hydrogen-bond donors (Lipinski definition) is 0. The molecule has 0 N–H and O–H groups in total. The standard InChI is InChI=1S/C21H28N4O/c1-15-5-6-18-14-23(9-10-24(15)18)13-16-12-22-19-11-17(21(2,3)4)7-8-25(19)20(16)26/h7-8,11-12,18H,1,5-6,9-10,13-14H2,2-4H3. The number of pyridine rings is 1. The summed E-state index contributed by atoms with van der Waals surface area (Å²) < 4.78 is 1.68. The van der Waals surface area contributed by atoms with Gasteiger partial charge in [0, 0.05) is 50.3 Å². The zero-order valence-corrected chi connectivity index (χ0v) is 16.0. The van der Waals surface area contributed by atoms with Crippen LogP contribution in [0.25, 0.3) is 5.65 Å².